The molecule has 1 aromatic rings. The van der Waals surface area contributed by atoms with Crippen LogP contribution in [0.2, 0.25) is 0 Å². The van der Waals surface area contributed by atoms with E-state index in [2.05, 4.69) is 37.7 Å². The topological polar surface area (TPSA) is 62.7 Å². The van der Waals surface area contributed by atoms with E-state index in [9.17, 15) is 4.79 Å². The standard InChI is InChI=1S/C21H28N2O2/c1-17(2)10-8-11-18(3)12-9-15-21(4,25-20(24)16-23-22)19-13-6-5-7-14-19/h5-7,10,12-14,16H,8-9,11,15H2,1-4H3/b18-12-. The molecular formula is C21H28N2O2. The summed E-state index contributed by atoms with van der Waals surface area (Å²) in [5.74, 6) is -0.655. The Morgan fingerprint density at radius 1 is 1.16 bits per heavy atom. The minimum atomic E-state index is -0.768. The molecule has 0 bridgehead atoms. The Morgan fingerprint density at radius 2 is 1.84 bits per heavy atom. The normalized spacial score (nSPS) is 13.4. The molecule has 1 rings (SSSR count). The number of nitrogens with zero attached hydrogens (tertiary/aromatic N) is 2. The van der Waals surface area contributed by atoms with Gasteiger partial charge in [-0.1, -0.05) is 53.6 Å². The molecule has 4 nitrogen and oxygen atoms in total. The van der Waals surface area contributed by atoms with E-state index in [1.807, 2.05) is 37.3 Å². The van der Waals surface area contributed by atoms with Crippen LogP contribution in [-0.2, 0) is 15.1 Å². The molecule has 0 aliphatic heterocycles. The van der Waals surface area contributed by atoms with Crippen LogP contribution in [0.5, 0.6) is 0 Å². The molecule has 1 atom stereocenters. The second-order valence-corrected chi connectivity index (χ2v) is 6.67. The number of ether oxygens (including phenoxy) is 1. The maximum Gasteiger partial charge on any atom is 0.414 e. The van der Waals surface area contributed by atoms with Crippen LogP contribution in [0, 0.1) is 0 Å². The van der Waals surface area contributed by atoms with Gasteiger partial charge in [-0.2, -0.15) is 4.79 Å². The Balaban J connectivity index is 2.79. The number of carbonyl (C=O) groups is 1. The average Bonchev–Trinajstić information content (AvgIpc) is 2.55. The summed E-state index contributed by atoms with van der Waals surface area (Å²) in [6, 6.07) is 9.64. The van der Waals surface area contributed by atoms with Crippen molar-refractivity contribution in [1.82, 2.24) is 0 Å². The van der Waals surface area contributed by atoms with Crippen LogP contribution in [0.3, 0.4) is 0 Å². The van der Waals surface area contributed by atoms with E-state index in [0.717, 1.165) is 31.0 Å². The predicted octanol–water partition coefficient (Wildman–Crippen LogP) is 5.22. The number of carbonyl (C=O) groups excluding carboxylic acids is 1. The van der Waals surface area contributed by atoms with Crippen molar-refractivity contribution in [3.05, 3.63) is 64.7 Å². The van der Waals surface area contributed by atoms with Gasteiger partial charge in [0.15, 0.2) is 0 Å². The Morgan fingerprint density at radius 3 is 2.44 bits per heavy atom. The van der Waals surface area contributed by atoms with Crippen molar-refractivity contribution >= 4 is 12.2 Å². The molecule has 0 amide bonds. The van der Waals surface area contributed by atoms with Gasteiger partial charge in [0.2, 0.25) is 0 Å². The molecule has 0 aliphatic carbocycles. The fraction of sp³-hybridized carbons (Fsp3) is 0.429. The second-order valence-electron chi connectivity index (χ2n) is 6.67. The van der Waals surface area contributed by atoms with E-state index in [0.29, 0.717) is 6.42 Å². The maximum absolute atomic E-state index is 11.8. The molecule has 134 valence electrons. The number of allylic oxidation sites excluding steroid dienone is 4. The van der Waals surface area contributed by atoms with Crippen LogP contribution >= 0.6 is 0 Å². The van der Waals surface area contributed by atoms with E-state index in [4.69, 9.17) is 10.3 Å². The van der Waals surface area contributed by atoms with Gasteiger partial charge in [0.1, 0.15) is 5.60 Å². The van der Waals surface area contributed by atoms with Crippen LogP contribution < -0.4 is 0 Å². The molecule has 0 N–H and O–H groups in total. The Hall–Kier alpha value is -2.45. The van der Waals surface area contributed by atoms with Crippen molar-refractivity contribution < 1.29 is 14.3 Å². The molecule has 4 heteroatoms. The summed E-state index contributed by atoms with van der Waals surface area (Å²) in [5.41, 5.74) is 11.3. The average molecular weight is 340 g/mol. The molecule has 0 saturated heterocycles. The van der Waals surface area contributed by atoms with Gasteiger partial charge < -0.3 is 10.3 Å². The van der Waals surface area contributed by atoms with Gasteiger partial charge in [0.25, 0.3) is 0 Å². The van der Waals surface area contributed by atoms with E-state index in [1.54, 1.807) is 0 Å². The highest BCUT2D eigenvalue weighted by Gasteiger charge is 2.30. The lowest BCUT2D eigenvalue weighted by Gasteiger charge is -2.28. The highest BCUT2D eigenvalue weighted by Crippen LogP contribution is 2.31. The van der Waals surface area contributed by atoms with Crippen molar-refractivity contribution in [2.24, 2.45) is 0 Å². The largest absolute Gasteiger partial charge is 0.446 e. The highest BCUT2D eigenvalue weighted by molar-refractivity contribution is 6.20. The molecule has 0 fully saturated rings. The second kappa shape index (κ2) is 10.4. The van der Waals surface area contributed by atoms with Crippen molar-refractivity contribution in [2.45, 2.75) is 59.0 Å². The Labute approximate surface area is 150 Å². The lowest BCUT2D eigenvalue weighted by Crippen LogP contribution is -2.29. The van der Waals surface area contributed by atoms with E-state index < -0.39 is 11.6 Å². The van der Waals surface area contributed by atoms with Crippen LogP contribution in [0.15, 0.2) is 53.6 Å². The first kappa shape index (κ1) is 20.6. The zero-order chi connectivity index (χ0) is 18.7. The molecule has 25 heavy (non-hydrogen) atoms. The summed E-state index contributed by atoms with van der Waals surface area (Å²) in [5, 5.41) is 0. The Kier molecular flexibility index (Phi) is 8.59. The molecule has 0 aromatic heterocycles. The van der Waals surface area contributed by atoms with Gasteiger partial charge in [-0.25, -0.2) is 4.79 Å². The van der Waals surface area contributed by atoms with Crippen LogP contribution in [-0.4, -0.2) is 17.0 Å². The smallest absolute Gasteiger partial charge is 0.414 e. The first-order valence-electron chi connectivity index (χ1n) is 8.62. The molecule has 1 unspecified atom stereocenters. The SMILES string of the molecule is CC(C)=CCC/C(C)=C\CCC(C)(OC(=O)C=[N+]=[N-])c1ccccc1. The highest BCUT2D eigenvalue weighted by atomic mass is 16.6. The third-order valence-corrected chi connectivity index (χ3v) is 4.08. The van der Waals surface area contributed by atoms with Gasteiger partial charge in [-0.05, 0) is 58.9 Å². The van der Waals surface area contributed by atoms with Gasteiger partial charge in [-0.3, -0.25) is 0 Å². The van der Waals surface area contributed by atoms with Gasteiger partial charge in [0, 0.05) is 0 Å². The quantitative estimate of drug-likeness (QED) is 0.203. The first-order chi connectivity index (χ1) is 11.9. The fourth-order valence-corrected chi connectivity index (χ4v) is 2.63. The van der Waals surface area contributed by atoms with E-state index in [-0.39, 0.29) is 0 Å². The number of esters is 1. The molecule has 0 saturated carbocycles. The number of benzene rings is 1. The summed E-state index contributed by atoms with van der Waals surface area (Å²) in [6.45, 7) is 8.23. The third kappa shape index (κ3) is 7.77. The predicted molar refractivity (Wildman–Crippen MR) is 101 cm³/mol. The van der Waals surface area contributed by atoms with Crippen molar-refractivity contribution in [1.29, 1.82) is 0 Å². The maximum atomic E-state index is 11.8. The van der Waals surface area contributed by atoms with Crippen LogP contribution in [0.4, 0.5) is 0 Å². The van der Waals surface area contributed by atoms with E-state index in [1.165, 1.54) is 11.1 Å². The lowest BCUT2D eigenvalue weighted by atomic mass is 9.90. The minimum absolute atomic E-state index is 0.655. The molecular weight excluding hydrogens is 312 g/mol. The van der Waals surface area contributed by atoms with Crippen molar-refractivity contribution in [3.8, 4) is 0 Å². The Bertz CT molecular complexity index is 666. The van der Waals surface area contributed by atoms with E-state index >= 15 is 0 Å². The number of hydrogen-bond donors (Lipinski definition) is 0. The van der Waals surface area contributed by atoms with Gasteiger partial charge in [0.05, 0.1) is 0 Å². The minimum Gasteiger partial charge on any atom is -0.446 e. The molecule has 0 radical (unpaired) electrons. The molecule has 1 aromatic carbocycles. The first-order valence-corrected chi connectivity index (χ1v) is 8.62. The lowest BCUT2D eigenvalue weighted by molar-refractivity contribution is -0.154. The van der Waals surface area contributed by atoms with Crippen LogP contribution in [0.25, 0.3) is 5.53 Å². The molecule has 0 aliphatic rings. The monoisotopic (exact) mass is 340 g/mol. The number of hydrogen-bond acceptors (Lipinski definition) is 2. The summed E-state index contributed by atoms with van der Waals surface area (Å²) < 4.78 is 5.57. The van der Waals surface area contributed by atoms with Gasteiger partial charge >= 0.3 is 12.2 Å². The van der Waals surface area contributed by atoms with Crippen molar-refractivity contribution in [3.63, 3.8) is 0 Å². The summed E-state index contributed by atoms with van der Waals surface area (Å²) in [7, 11) is 0. The molecule has 0 spiro atoms. The summed E-state index contributed by atoms with van der Waals surface area (Å²) in [4.78, 5) is 14.5. The van der Waals surface area contributed by atoms with Crippen molar-refractivity contribution in [2.75, 3.05) is 0 Å². The zero-order valence-electron chi connectivity index (χ0n) is 15.7. The van der Waals surface area contributed by atoms with Gasteiger partial charge in [-0.15, -0.1) is 0 Å². The summed E-state index contributed by atoms with van der Waals surface area (Å²) in [6.07, 6.45) is 8.75. The van der Waals surface area contributed by atoms with Crippen LogP contribution in [0.1, 0.15) is 58.9 Å². The summed E-state index contributed by atoms with van der Waals surface area (Å²) >= 11 is 0. The zero-order valence-corrected chi connectivity index (χ0v) is 15.7. The fourth-order valence-electron chi connectivity index (χ4n) is 2.63. The molecule has 0 heterocycles. The number of rotatable bonds is 9. The third-order valence-electron chi connectivity index (χ3n) is 4.08.